The summed E-state index contributed by atoms with van der Waals surface area (Å²) < 4.78 is 29.7. The SMILES string of the molecule is Cc1cccc(-c2oc(Cc3ccccc3)nc2-c2ccc(S(C)(=O)=O)cc2)c1. The normalized spacial score (nSPS) is 11.5. The molecule has 5 heteroatoms. The number of benzene rings is 3. The number of hydrogen-bond acceptors (Lipinski definition) is 4. The first-order valence-electron chi connectivity index (χ1n) is 9.31. The fraction of sp³-hybridized carbons (Fsp3) is 0.125. The van der Waals surface area contributed by atoms with Crippen molar-refractivity contribution in [2.45, 2.75) is 18.2 Å². The molecular weight excluding hydrogens is 382 g/mol. The molecule has 0 saturated heterocycles. The van der Waals surface area contributed by atoms with Crippen LogP contribution in [0.25, 0.3) is 22.6 Å². The van der Waals surface area contributed by atoms with Crippen LogP contribution in [0.15, 0.2) is 88.2 Å². The zero-order valence-corrected chi connectivity index (χ0v) is 17.1. The Kier molecular flexibility index (Phi) is 5.07. The second-order valence-corrected chi connectivity index (χ2v) is 9.13. The van der Waals surface area contributed by atoms with E-state index in [0.29, 0.717) is 23.8 Å². The lowest BCUT2D eigenvalue weighted by atomic mass is 10.0. The van der Waals surface area contributed by atoms with Crippen LogP contribution in [-0.2, 0) is 16.3 Å². The predicted octanol–water partition coefficient (Wildman–Crippen LogP) is 5.31. The Morgan fingerprint density at radius 3 is 2.24 bits per heavy atom. The summed E-state index contributed by atoms with van der Waals surface area (Å²) in [6.45, 7) is 2.03. The largest absolute Gasteiger partial charge is 0.440 e. The summed E-state index contributed by atoms with van der Waals surface area (Å²) in [5.74, 6) is 1.31. The summed E-state index contributed by atoms with van der Waals surface area (Å²) in [4.78, 5) is 5.04. The molecule has 3 aromatic carbocycles. The minimum Gasteiger partial charge on any atom is -0.440 e. The number of hydrogen-bond donors (Lipinski definition) is 0. The van der Waals surface area contributed by atoms with Gasteiger partial charge < -0.3 is 4.42 Å². The third-order valence-corrected chi connectivity index (χ3v) is 5.83. The lowest BCUT2D eigenvalue weighted by Gasteiger charge is -2.04. The Balaban J connectivity index is 1.80. The van der Waals surface area contributed by atoms with E-state index in [1.54, 1.807) is 24.3 Å². The van der Waals surface area contributed by atoms with Gasteiger partial charge in [0.1, 0.15) is 5.69 Å². The zero-order valence-electron chi connectivity index (χ0n) is 16.3. The van der Waals surface area contributed by atoms with E-state index in [2.05, 4.69) is 6.07 Å². The molecule has 1 heterocycles. The molecule has 0 aliphatic heterocycles. The highest BCUT2D eigenvalue weighted by Crippen LogP contribution is 2.34. The number of aromatic nitrogens is 1. The molecule has 0 spiro atoms. The minimum atomic E-state index is -3.25. The number of rotatable bonds is 5. The number of aryl methyl sites for hydroxylation is 1. The van der Waals surface area contributed by atoms with Crippen LogP contribution in [0, 0.1) is 6.92 Å². The van der Waals surface area contributed by atoms with Gasteiger partial charge in [-0.25, -0.2) is 13.4 Å². The Labute approximate surface area is 170 Å². The van der Waals surface area contributed by atoms with Crippen LogP contribution in [0.3, 0.4) is 0 Å². The zero-order chi connectivity index (χ0) is 20.4. The van der Waals surface area contributed by atoms with Crippen LogP contribution >= 0.6 is 0 Å². The van der Waals surface area contributed by atoms with E-state index < -0.39 is 9.84 Å². The van der Waals surface area contributed by atoms with Crippen LogP contribution < -0.4 is 0 Å². The molecule has 0 amide bonds. The maximum absolute atomic E-state index is 11.8. The first-order chi connectivity index (χ1) is 13.9. The molecular formula is C24H21NO3S. The second kappa shape index (κ2) is 7.68. The number of nitrogens with zero attached hydrogens (tertiary/aromatic N) is 1. The second-order valence-electron chi connectivity index (χ2n) is 7.11. The van der Waals surface area contributed by atoms with Crippen molar-refractivity contribution in [2.75, 3.05) is 6.26 Å². The van der Waals surface area contributed by atoms with E-state index in [-0.39, 0.29) is 4.90 Å². The molecule has 0 fully saturated rings. The quantitative estimate of drug-likeness (QED) is 0.453. The summed E-state index contributed by atoms with van der Waals surface area (Å²) in [5, 5.41) is 0. The van der Waals surface area contributed by atoms with E-state index in [9.17, 15) is 8.42 Å². The predicted molar refractivity (Wildman–Crippen MR) is 114 cm³/mol. The molecule has 0 aliphatic rings. The van der Waals surface area contributed by atoms with Crippen molar-refractivity contribution < 1.29 is 12.8 Å². The summed E-state index contributed by atoms with van der Waals surface area (Å²) in [5.41, 5.74) is 4.71. The fourth-order valence-electron chi connectivity index (χ4n) is 3.25. The van der Waals surface area contributed by atoms with E-state index in [1.165, 1.54) is 6.26 Å². The van der Waals surface area contributed by atoms with Crippen molar-refractivity contribution in [1.29, 1.82) is 0 Å². The van der Waals surface area contributed by atoms with Gasteiger partial charge in [-0.2, -0.15) is 0 Å². The summed E-state index contributed by atoms with van der Waals surface area (Å²) in [7, 11) is -3.25. The Hall–Kier alpha value is -3.18. The third kappa shape index (κ3) is 4.30. The lowest BCUT2D eigenvalue weighted by molar-refractivity contribution is 0.519. The Morgan fingerprint density at radius 2 is 1.59 bits per heavy atom. The Bertz CT molecular complexity index is 1240. The highest BCUT2D eigenvalue weighted by Gasteiger charge is 2.18. The molecule has 4 rings (SSSR count). The van der Waals surface area contributed by atoms with Crippen LogP contribution in [0.1, 0.15) is 17.0 Å². The standard InChI is InChI=1S/C24H21NO3S/c1-17-7-6-10-20(15-17)24-23(19-11-13-21(14-12-19)29(2,26)27)25-22(28-24)16-18-8-4-3-5-9-18/h3-15H,16H2,1-2H3. The van der Waals surface area contributed by atoms with E-state index in [1.807, 2.05) is 55.5 Å². The highest BCUT2D eigenvalue weighted by atomic mass is 32.2. The molecule has 0 unspecified atom stereocenters. The molecule has 1 aromatic heterocycles. The molecule has 0 bridgehead atoms. The van der Waals surface area contributed by atoms with Crippen molar-refractivity contribution in [1.82, 2.24) is 4.98 Å². The van der Waals surface area contributed by atoms with Gasteiger partial charge in [-0.15, -0.1) is 0 Å². The molecule has 4 nitrogen and oxygen atoms in total. The summed E-state index contributed by atoms with van der Waals surface area (Å²) in [6, 6.07) is 24.9. The van der Waals surface area contributed by atoms with Crippen molar-refractivity contribution >= 4 is 9.84 Å². The van der Waals surface area contributed by atoms with Crippen molar-refractivity contribution in [3.8, 4) is 22.6 Å². The maximum Gasteiger partial charge on any atom is 0.199 e. The minimum absolute atomic E-state index is 0.284. The van der Waals surface area contributed by atoms with Crippen LogP contribution in [-0.4, -0.2) is 19.7 Å². The van der Waals surface area contributed by atoms with E-state index in [0.717, 1.165) is 22.3 Å². The van der Waals surface area contributed by atoms with Gasteiger partial charge in [-0.3, -0.25) is 0 Å². The van der Waals surface area contributed by atoms with Gasteiger partial charge in [0.25, 0.3) is 0 Å². The smallest absolute Gasteiger partial charge is 0.199 e. The first-order valence-corrected chi connectivity index (χ1v) is 11.2. The third-order valence-electron chi connectivity index (χ3n) is 4.71. The van der Waals surface area contributed by atoms with Gasteiger partial charge >= 0.3 is 0 Å². The Morgan fingerprint density at radius 1 is 0.862 bits per heavy atom. The van der Waals surface area contributed by atoms with Gasteiger partial charge in [0, 0.05) is 23.8 Å². The number of oxazole rings is 1. The highest BCUT2D eigenvalue weighted by molar-refractivity contribution is 7.90. The molecule has 0 radical (unpaired) electrons. The molecule has 4 aromatic rings. The average molecular weight is 404 g/mol. The molecule has 0 aliphatic carbocycles. The van der Waals surface area contributed by atoms with Crippen LogP contribution in [0.2, 0.25) is 0 Å². The van der Waals surface area contributed by atoms with Crippen LogP contribution in [0.5, 0.6) is 0 Å². The topological polar surface area (TPSA) is 60.2 Å². The lowest BCUT2D eigenvalue weighted by Crippen LogP contribution is -1.96. The van der Waals surface area contributed by atoms with Gasteiger partial charge in [-0.1, -0.05) is 66.2 Å². The molecule has 0 atom stereocenters. The van der Waals surface area contributed by atoms with Crippen LogP contribution in [0.4, 0.5) is 0 Å². The van der Waals surface area contributed by atoms with Crippen molar-refractivity contribution in [3.05, 3.63) is 95.9 Å². The number of sulfone groups is 1. The van der Waals surface area contributed by atoms with Crippen molar-refractivity contribution in [2.24, 2.45) is 0 Å². The van der Waals surface area contributed by atoms with Gasteiger partial charge in [0.15, 0.2) is 21.5 Å². The monoisotopic (exact) mass is 403 g/mol. The van der Waals surface area contributed by atoms with Gasteiger partial charge in [0.2, 0.25) is 0 Å². The molecule has 0 N–H and O–H groups in total. The summed E-state index contributed by atoms with van der Waals surface area (Å²) in [6.07, 6.45) is 1.79. The molecule has 146 valence electrons. The fourth-order valence-corrected chi connectivity index (χ4v) is 3.88. The first kappa shape index (κ1) is 19.2. The average Bonchev–Trinajstić information content (AvgIpc) is 3.12. The summed E-state index contributed by atoms with van der Waals surface area (Å²) >= 11 is 0. The molecule has 0 saturated carbocycles. The molecule has 29 heavy (non-hydrogen) atoms. The maximum atomic E-state index is 11.8. The van der Waals surface area contributed by atoms with E-state index in [4.69, 9.17) is 9.40 Å². The van der Waals surface area contributed by atoms with Crippen molar-refractivity contribution in [3.63, 3.8) is 0 Å². The van der Waals surface area contributed by atoms with Gasteiger partial charge in [-0.05, 0) is 30.7 Å². The van der Waals surface area contributed by atoms with Gasteiger partial charge in [0.05, 0.1) is 4.90 Å². The van der Waals surface area contributed by atoms with E-state index >= 15 is 0 Å².